The van der Waals surface area contributed by atoms with Gasteiger partial charge in [-0.3, -0.25) is 0 Å². The number of anilines is 1. The summed E-state index contributed by atoms with van der Waals surface area (Å²) in [4.78, 5) is 11.3. The Morgan fingerprint density at radius 1 is 1.33 bits per heavy atom. The number of ether oxygens (including phenoxy) is 2. The molecule has 1 N–H and O–H groups in total. The highest BCUT2D eigenvalue weighted by molar-refractivity contribution is 5.89. The van der Waals surface area contributed by atoms with Gasteiger partial charge in [0.05, 0.1) is 12.7 Å². The maximum Gasteiger partial charge on any atom is 0.337 e. The number of methoxy groups -OCH3 is 1. The fraction of sp³-hybridized carbons (Fsp3) is 0.500. The molecule has 0 bridgehead atoms. The first-order valence-electron chi connectivity index (χ1n) is 6.29. The second kappa shape index (κ2) is 6.40. The number of rotatable bonds is 4. The van der Waals surface area contributed by atoms with E-state index < -0.39 is 0 Å². The summed E-state index contributed by atoms with van der Waals surface area (Å²) in [7, 11) is 1.39. The zero-order valence-electron chi connectivity index (χ0n) is 10.6. The number of carbonyl (C=O) groups excluding carboxylic acids is 1. The van der Waals surface area contributed by atoms with Crippen LogP contribution in [0.2, 0.25) is 0 Å². The van der Waals surface area contributed by atoms with Crippen molar-refractivity contribution in [2.75, 3.05) is 32.2 Å². The van der Waals surface area contributed by atoms with Gasteiger partial charge in [-0.1, -0.05) is 0 Å². The highest BCUT2D eigenvalue weighted by Gasteiger charge is 2.13. The summed E-state index contributed by atoms with van der Waals surface area (Å²) in [5.41, 5.74) is 1.61. The van der Waals surface area contributed by atoms with Gasteiger partial charge < -0.3 is 14.8 Å². The Morgan fingerprint density at radius 3 is 2.61 bits per heavy atom. The topological polar surface area (TPSA) is 47.6 Å². The molecule has 1 aliphatic heterocycles. The predicted octanol–water partition coefficient (Wildman–Crippen LogP) is 2.31. The first-order valence-corrected chi connectivity index (χ1v) is 6.29. The van der Waals surface area contributed by atoms with Crippen LogP contribution >= 0.6 is 0 Å². The van der Waals surface area contributed by atoms with E-state index in [0.29, 0.717) is 11.5 Å². The standard InChI is InChI=1S/C14H19NO3/c1-17-14(16)12-2-4-13(5-3-12)15-10-11-6-8-18-9-7-11/h2-5,11,15H,6-10H2,1H3. The molecule has 4 heteroatoms. The first-order chi connectivity index (χ1) is 8.79. The smallest absolute Gasteiger partial charge is 0.337 e. The van der Waals surface area contributed by atoms with Gasteiger partial charge in [-0.25, -0.2) is 4.79 Å². The average molecular weight is 249 g/mol. The van der Waals surface area contributed by atoms with E-state index in [1.54, 1.807) is 12.1 Å². The van der Waals surface area contributed by atoms with Crippen LogP contribution in [-0.4, -0.2) is 32.8 Å². The first kappa shape index (κ1) is 12.9. The van der Waals surface area contributed by atoms with E-state index in [2.05, 4.69) is 10.1 Å². The van der Waals surface area contributed by atoms with Crippen LogP contribution in [0.5, 0.6) is 0 Å². The highest BCUT2D eigenvalue weighted by atomic mass is 16.5. The monoisotopic (exact) mass is 249 g/mol. The van der Waals surface area contributed by atoms with Crippen molar-refractivity contribution in [1.29, 1.82) is 0 Å². The number of esters is 1. The molecule has 0 amide bonds. The molecule has 18 heavy (non-hydrogen) atoms. The van der Waals surface area contributed by atoms with Crippen LogP contribution in [0, 0.1) is 5.92 Å². The van der Waals surface area contributed by atoms with Crippen molar-refractivity contribution in [3.05, 3.63) is 29.8 Å². The SMILES string of the molecule is COC(=O)c1ccc(NCC2CCOCC2)cc1. The van der Waals surface area contributed by atoms with Crippen LogP contribution in [0.3, 0.4) is 0 Å². The molecule has 0 unspecified atom stereocenters. The molecule has 0 radical (unpaired) electrons. The van der Waals surface area contributed by atoms with Crippen LogP contribution in [-0.2, 0) is 9.47 Å². The minimum Gasteiger partial charge on any atom is -0.465 e. The third-order valence-corrected chi connectivity index (χ3v) is 3.24. The Hall–Kier alpha value is -1.55. The van der Waals surface area contributed by atoms with Crippen LogP contribution in [0.4, 0.5) is 5.69 Å². The summed E-state index contributed by atoms with van der Waals surface area (Å²) in [6, 6.07) is 7.37. The van der Waals surface area contributed by atoms with E-state index in [9.17, 15) is 4.79 Å². The number of benzene rings is 1. The van der Waals surface area contributed by atoms with E-state index in [1.165, 1.54) is 7.11 Å². The molecule has 2 rings (SSSR count). The van der Waals surface area contributed by atoms with E-state index in [1.807, 2.05) is 12.1 Å². The zero-order valence-corrected chi connectivity index (χ0v) is 10.6. The summed E-state index contributed by atoms with van der Waals surface area (Å²) in [5, 5.41) is 3.39. The molecule has 1 aromatic rings. The van der Waals surface area contributed by atoms with Crippen LogP contribution in [0.15, 0.2) is 24.3 Å². The van der Waals surface area contributed by atoms with Gasteiger partial charge in [-0.15, -0.1) is 0 Å². The minimum absolute atomic E-state index is 0.300. The van der Waals surface area contributed by atoms with Gasteiger partial charge in [-0.2, -0.15) is 0 Å². The predicted molar refractivity (Wildman–Crippen MR) is 69.8 cm³/mol. The van der Waals surface area contributed by atoms with Crippen molar-refractivity contribution in [3.63, 3.8) is 0 Å². The molecule has 1 aromatic carbocycles. The second-order valence-corrected chi connectivity index (χ2v) is 4.51. The molecule has 0 atom stereocenters. The van der Waals surface area contributed by atoms with Crippen molar-refractivity contribution in [2.45, 2.75) is 12.8 Å². The summed E-state index contributed by atoms with van der Waals surface area (Å²) < 4.78 is 9.99. The molecule has 0 spiro atoms. The molecule has 0 aromatic heterocycles. The lowest BCUT2D eigenvalue weighted by atomic mass is 10.0. The quantitative estimate of drug-likeness (QED) is 0.832. The fourth-order valence-electron chi connectivity index (χ4n) is 2.05. The summed E-state index contributed by atoms with van der Waals surface area (Å²) >= 11 is 0. The fourth-order valence-corrected chi connectivity index (χ4v) is 2.05. The number of hydrogen-bond acceptors (Lipinski definition) is 4. The Bertz CT molecular complexity index is 383. The van der Waals surface area contributed by atoms with E-state index in [-0.39, 0.29) is 5.97 Å². The number of carbonyl (C=O) groups is 1. The lowest BCUT2D eigenvalue weighted by Gasteiger charge is -2.22. The van der Waals surface area contributed by atoms with Gasteiger partial charge in [0, 0.05) is 25.4 Å². The molecule has 1 heterocycles. The molecular formula is C14H19NO3. The molecule has 1 saturated heterocycles. The molecule has 1 aliphatic rings. The average Bonchev–Trinajstić information content (AvgIpc) is 2.46. The maximum atomic E-state index is 11.3. The van der Waals surface area contributed by atoms with Gasteiger partial charge in [0.25, 0.3) is 0 Å². The molecule has 1 fully saturated rings. The molecular weight excluding hydrogens is 230 g/mol. The molecule has 98 valence electrons. The Morgan fingerprint density at radius 2 is 2.00 bits per heavy atom. The lowest BCUT2D eigenvalue weighted by molar-refractivity contribution is 0.0600. The number of nitrogens with one attached hydrogen (secondary N) is 1. The minimum atomic E-state index is -0.300. The van der Waals surface area contributed by atoms with Gasteiger partial charge in [0.15, 0.2) is 0 Å². The van der Waals surface area contributed by atoms with Gasteiger partial charge in [0.2, 0.25) is 0 Å². The molecule has 0 saturated carbocycles. The van der Waals surface area contributed by atoms with Crippen LogP contribution in [0.1, 0.15) is 23.2 Å². The van der Waals surface area contributed by atoms with Crippen LogP contribution < -0.4 is 5.32 Å². The van der Waals surface area contributed by atoms with Gasteiger partial charge in [-0.05, 0) is 43.0 Å². The van der Waals surface area contributed by atoms with Gasteiger partial charge in [0.1, 0.15) is 0 Å². The highest BCUT2D eigenvalue weighted by Crippen LogP contribution is 2.16. The normalized spacial score (nSPS) is 16.3. The zero-order chi connectivity index (χ0) is 12.8. The van der Waals surface area contributed by atoms with Crippen molar-refractivity contribution in [1.82, 2.24) is 0 Å². The molecule has 4 nitrogen and oxygen atoms in total. The van der Waals surface area contributed by atoms with Crippen molar-refractivity contribution < 1.29 is 14.3 Å². The number of hydrogen-bond donors (Lipinski definition) is 1. The second-order valence-electron chi connectivity index (χ2n) is 4.51. The molecule has 0 aliphatic carbocycles. The van der Waals surface area contributed by atoms with Crippen molar-refractivity contribution in [3.8, 4) is 0 Å². The van der Waals surface area contributed by atoms with Crippen molar-refractivity contribution >= 4 is 11.7 Å². The summed E-state index contributed by atoms with van der Waals surface area (Å²) in [6.07, 6.45) is 2.24. The largest absolute Gasteiger partial charge is 0.465 e. The maximum absolute atomic E-state index is 11.3. The summed E-state index contributed by atoms with van der Waals surface area (Å²) in [6.45, 7) is 2.70. The summed E-state index contributed by atoms with van der Waals surface area (Å²) in [5.74, 6) is 0.380. The van der Waals surface area contributed by atoms with E-state index >= 15 is 0 Å². The van der Waals surface area contributed by atoms with E-state index in [0.717, 1.165) is 38.3 Å². The van der Waals surface area contributed by atoms with Crippen molar-refractivity contribution in [2.24, 2.45) is 5.92 Å². The third-order valence-electron chi connectivity index (χ3n) is 3.24. The third kappa shape index (κ3) is 3.47. The Kier molecular flexibility index (Phi) is 4.59. The Labute approximate surface area is 107 Å². The van der Waals surface area contributed by atoms with E-state index in [4.69, 9.17) is 4.74 Å². The lowest BCUT2D eigenvalue weighted by Crippen LogP contribution is -2.22. The van der Waals surface area contributed by atoms with Gasteiger partial charge >= 0.3 is 5.97 Å². The Balaban J connectivity index is 1.84. The van der Waals surface area contributed by atoms with Crippen LogP contribution in [0.25, 0.3) is 0 Å².